The lowest BCUT2D eigenvalue weighted by molar-refractivity contribution is -0.140. The molecule has 0 saturated carbocycles. The SMILES string of the molecule is COC(=O)CC(N)Cc1c(Cl)cccc1Cl. The van der Waals surface area contributed by atoms with Gasteiger partial charge in [0.25, 0.3) is 0 Å². The van der Waals surface area contributed by atoms with E-state index in [0.29, 0.717) is 16.5 Å². The summed E-state index contributed by atoms with van der Waals surface area (Å²) in [5, 5.41) is 1.13. The molecule has 0 aliphatic heterocycles. The predicted molar refractivity (Wildman–Crippen MR) is 64.8 cm³/mol. The second-order valence-electron chi connectivity index (χ2n) is 3.44. The van der Waals surface area contributed by atoms with Crippen LogP contribution in [0.3, 0.4) is 0 Å². The molecular weight excluding hydrogens is 249 g/mol. The Labute approximate surface area is 104 Å². The number of rotatable bonds is 4. The monoisotopic (exact) mass is 261 g/mol. The number of carbonyl (C=O) groups is 1. The van der Waals surface area contributed by atoms with Gasteiger partial charge in [-0.3, -0.25) is 4.79 Å². The molecule has 2 N–H and O–H groups in total. The molecule has 3 nitrogen and oxygen atoms in total. The fourth-order valence-corrected chi connectivity index (χ4v) is 1.91. The number of halogens is 2. The first-order chi connectivity index (χ1) is 7.54. The summed E-state index contributed by atoms with van der Waals surface area (Å²) in [5.74, 6) is -0.337. The molecule has 1 rings (SSSR count). The van der Waals surface area contributed by atoms with Crippen molar-refractivity contribution in [3.63, 3.8) is 0 Å². The van der Waals surface area contributed by atoms with Gasteiger partial charge in [-0.15, -0.1) is 0 Å². The molecule has 0 amide bonds. The third-order valence-electron chi connectivity index (χ3n) is 2.18. The summed E-state index contributed by atoms with van der Waals surface area (Å²) in [5.41, 5.74) is 6.57. The summed E-state index contributed by atoms with van der Waals surface area (Å²) in [6.45, 7) is 0. The van der Waals surface area contributed by atoms with Gasteiger partial charge < -0.3 is 10.5 Å². The molecule has 5 heteroatoms. The topological polar surface area (TPSA) is 52.3 Å². The molecular formula is C11H13Cl2NO2. The maximum Gasteiger partial charge on any atom is 0.307 e. The smallest absolute Gasteiger partial charge is 0.307 e. The fraction of sp³-hybridized carbons (Fsp3) is 0.364. The van der Waals surface area contributed by atoms with Crippen molar-refractivity contribution in [2.75, 3.05) is 7.11 Å². The van der Waals surface area contributed by atoms with Crippen LogP contribution in [0, 0.1) is 0 Å². The maximum atomic E-state index is 11.0. The maximum absolute atomic E-state index is 11.0. The molecule has 88 valence electrons. The first-order valence-electron chi connectivity index (χ1n) is 4.80. The fourth-order valence-electron chi connectivity index (χ4n) is 1.36. The van der Waals surface area contributed by atoms with Gasteiger partial charge in [-0.2, -0.15) is 0 Å². The number of esters is 1. The minimum atomic E-state index is -0.343. The molecule has 0 heterocycles. The van der Waals surface area contributed by atoms with Crippen LogP contribution in [0.15, 0.2) is 18.2 Å². The van der Waals surface area contributed by atoms with Gasteiger partial charge in [-0.1, -0.05) is 29.3 Å². The van der Waals surface area contributed by atoms with Gasteiger partial charge >= 0.3 is 5.97 Å². The average Bonchev–Trinajstić information content (AvgIpc) is 2.23. The van der Waals surface area contributed by atoms with Crippen molar-refractivity contribution < 1.29 is 9.53 Å². The van der Waals surface area contributed by atoms with Crippen molar-refractivity contribution in [1.29, 1.82) is 0 Å². The van der Waals surface area contributed by atoms with Crippen LogP contribution < -0.4 is 5.73 Å². The van der Waals surface area contributed by atoms with E-state index in [2.05, 4.69) is 4.74 Å². The standard InChI is InChI=1S/C11H13Cl2NO2/c1-16-11(15)6-7(14)5-8-9(12)3-2-4-10(8)13/h2-4,7H,5-6,14H2,1H3. The van der Waals surface area contributed by atoms with Crippen molar-refractivity contribution in [3.8, 4) is 0 Å². The van der Waals surface area contributed by atoms with Gasteiger partial charge in [-0.25, -0.2) is 0 Å². The first-order valence-corrected chi connectivity index (χ1v) is 5.55. The molecule has 0 aliphatic rings. The van der Waals surface area contributed by atoms with Gasteiger partial charge in [-0.05, 0) is 24.1 Å². The Morgan fingerprint density at radius 1 is 1.44 bits per heavy atom. The Morgan fingerprint density at radius 2 is 2.00 bits per heavy atom. The quantitative estimate of drug-likeness (QED) is 0.848. The van der Waals surface area contributed by atoms with Crippen LogP contribution in [-0.2, 0) is 16.0 Å². The Bertz CT molecular complexity index is 362. The predicted octanol–water partition coefficient (Wildman–Crippen LogP) is 2.43. The Balaban J connectivity index is 2.69. The van der Waals surface area contributed by atoms with Crippen molar-refractivity contribution in [2.24, 2.45) is 5.73 Å². The molecule has 1 aromatic rings. The van der Waals surface area contributed by atoms with E-state index in [-0.39, 0.29) is 18.4 Å². The zero-order valence-corrected chi connectivity index (χ0v) is 10.4. The number of nitrogens with two attached hydrogens (primary N) is 1. The van der Waals surface area contributed by atoms with E-state index in [1.807, 2.05) is 0 Å². The van der Waals surface area contributed by atoms with Crippen LogP contribution in [-0.4, -0.2) is 19.1 Å². The second-order valence-corrected chi connectivity index (χ2v) is 4.26. The molecule has 1 atom stereocenters. The lowest BCUT2D eigenvalue weighted by Crippen LogP contribution is -2.27. The van der Waals surface area contributed by atoms with Crippen molar-refractivity contribution in [3.05, 3.63) is 33.8 Å². The number of ether oxygens (including phenoxy) is 1. The normalized spacial score (nSPS) is 12.2. The van der Waals surface area contributed by atoms with E-state index in [0.717, 1.165) is 5.56 Å². The third kappa shape index (κ3) is 3.67. The number of benzene rings is 1. The van der Waals surface area contributed by atoms with E-state index in [4.69, 9.17) is 28.9 Å². The van der Waals surface area contributed by atoms with E-state index in [1.165, 1.54) is 7.11 Å². The third-order valence-corrected chi connectivity index (χ3v) is 2.89. The summed E-state index contributed by atoms with van der Waals surface area (Å²) in [7, 11) is 1.33. The number of hydrogen-bond donors (Lipinski definition) is 1. The van der Waals surface area contributed by atoms with Crippen LogP contribution in [0.2, 0.25) is 10.0 Å². The van der Waals surface area contributed by atoms with E-state index < -0.39 is 0 Å². The van der Waals surface area contributed by atoms with Crippen LogP contribution in [0.4, 0.5) is 0 Å². The van der Waals surface area contributed by atoms with Crippen LogP contribution in [0.5, 0.6) is 0 Å². The molecule has 0 aromatic heterocycles. The molecule has 16 heavy (non-hydrogen) atoms. The first kappa shape index (κ1) is 13.3. The van der Waals surface area contributed by atoms with Crippen molar-refractivity contribution in [2.45, 2.75) is 18.9 Å². The van der Waals surface area contributed by atoms with Gasteiger partial charge in [0.1, 0.15) is 0 Å². The van der Waals surface area contributed by atoms with Crippen LogP contribution in [0.25, 0.3) is 0 Å². The largest absolute Gasteiger partial charge is 0.469 e. The second kappa shape index (κ2) is 6.09. The Morgan fingerprint density at radius 3 is 2.50 bits per heavy atom. The zero-order valence-electron chi connectivity index (χ0n) is 8.87. The van der Waals surface area contributed by atoms with Gasteiger partial charge in [0.15, 0.2) is 0 Å². The Hall–Kier alpha value is -0.770. The summed E-state index contributed by atoms with van der Waals surface area (Å²) in [6.07, 6.45) is 0.603. The lowest BCUT2D eigenvalue weighted by atomic mass is 10.0. The summed E-state index contributed by atoms with van der Waals surface area (Å²) < 4.78 is 4.53. The van der Waals surface area contributed by atoms with E-state index in [9.17, 15) is 4.79 Å². The zero-order chi connectivity index (χ0) is 12.1. The van der Waals surface area contributed by atoms with Crippen LogP contribution >= 0.6 is 23.2 Å². The van der Waals surface area contributed by atoms with Gasteiger partial charge in [0.05, 0.1) is 13.5 Å². The van der Waals surface area contributed by atoms with Crippen molar-refractivity contribution >= 4 is 29.2 Å². The lowest BCUT2D eigenvalue weighted by Gasteiger charge is -2.12. The molecule has 0 aliphatic carbocycles. The highest BCUT2D eigenvalue weighted by atomic mass is 35.5. The van der Waals surface area contributed by atoms with Gasteiger partial charge in [0, 0.05) is 16.1 Å². The number of carbonyl (C=O) groups excluding carboxylic acids is 1. The molecule has 1 unspecified atom stereocenters. The summed E-state index contributed by atoms with van der Waals surface area (Å²) >= 11 is 12.0. The molecule has 0 bridgehead atoms. The highest BCUT2D eigenvalue weighted by Gasteiger charge is 2.14. The van der Waals surface area contributed by atoms with E-state index >= 15 is 0 Å². The molecule has 0 fully saturated rings. The van der Waals surface area contributed by atoms with E-state index in [1.54, 1.807) is 18.2 Å². The van der Waals surface area contributed by atoms with Crippen molar-refractivity contribution in [1.82, 2.24) is 0 Å². The minimum Gasteiger partial charge on any atom is -0.469 e. The highest BCUT2D eigenvalue weighted by Crippen LogP contribution is 2.25. The number of hydrogen-bond acceptors (Lipinski definition) is 3. The molecule has 1 aromatic carbocycles. The highest BCUT2D eigenvalue weighted by molar-refractivity contribution is 6.36. The van der Waals surface area contributed by atoms with Gasteiger partial charge in [0.2, 0.25) is 0 Å². The molecule has 0 saturated heterocycles. The molecule has 0 spiro atoms. The average molecular weight is 262 g/mol. The summed E-state index contributed by atoms with van der Waals surface area (Å²) in [6, 6.07) is 4.91. The number of methoxy groups -OCH3 is 1. The minimum absolute atomic E-state index is 0.151. The van der Waals surface area contributed by atoms with Crippen LogP contribution in [0.1, 0.15) is 12.0 Å². The molecule has 0 radical (unpaired) electrons. The summed E-state index contributed by atoms with van der Waals surface area (Å²) in [4.78, 5) is 11.0. The Kier molecular flexibility index (Phi) is 5.06.